The Morgan fingerprint density at radius 3 is 2.38 bits per heavy atom. The normalized spacial score (nSPS) is 9.69. The van der Waals surface area contributed by atoms with Gasteiger partial charge in [0.05, 0.1) is 19.8 Å². The number of methoxy groups -OCH3 is 2. The molecule has 0 amide bonds. The molecule has 1 aromatic carbocycles. The minimum absolute atomic E-state index is 0.0111. The molecule has 0 atom stereocenters. The summed E-state index contributed by atoms with van der Waals surface area (Å²) in [6.45, 7) is 5.32. The van der Waals surface area contributed by atoms with E-state index in [4.69, 9.17) is 14.6 Å². The second-order valence-electron chi connectivity index (χ2n) is 3.31. The van der Waals surface area contributed by atoms with Gasteiger partial charge in [0.15, 0.2) is 0 Å². The van der Waals surface area contributed by atoms with Gasteiger partial charge in [-0.05, 0) is 18.6 Å². The number of aryl methyl sites for hydroxylation is 1. The van der Waals surface area contributed by atoms with Gasteiger partial charge in [-0.1, -0.05) is 6.58 Å². The molecule has 86 valence electrons. The Balaban J connectivity index is 3.38. The van der Waals surface area contributed by atoms with Crippen LogP contribution in [0.3, 0.4) is 0 Å². The highest BCUT2D eigenvalue weighted by atomic mass is 16.5. The lowest BCUT2D eigenvalue weighted by Crippen LogP contribution is -2.03. The predicted molar refractivity (Wildman–Crippen MR) is 61.0 cm³/mol. The van der Waals surface area contributed by atoms with Gasteiger partial charge in [-0.25, -0.2) is 4.79 Å². The van der Waals surface area contributed by atoms with Crippen LogP contribution in [-0.2, 0) is 4.79 Å². The molecule has 0 aromatic heterocycles. The number of rotatable bonds is 4. The van der Waals surface area contributed by atoms with Crippen molar-refractivity contribution in [3.63, 3.8) is 0 Å². The van der Waals surface area contributed by atoms with Crippen LogP contribution in [0.5, 0.6) is 11.5 Å². The van der Waals surface area contributed by atoms with Crippen LogP contribution in [0.4, 0.5) is 0 Å². The summed E-state index contributed by atoms with van der Waals surface area (Å²) in [6, 6.07) is 3.38. The Labute approximate surface area is 94.1 Å². The van der Waals surface area contributed by atoms with E-state index in [2.05, 4.69) is 6.58 Å². The number of aliphatic carboxylic acids is 1. The average molecular weight is 222 g/mol. The lowest BCUT2D eigenvalue weighted by atomic mass is 10.0. The summed E-state index contributed by atoms with van der Waals surface area (Å²) in [6.07, 6.45) is 0. The van der Waals surface area contributed by atoms with Gasteiger partial charge in [-0.15, -0.1) is 0 Å². The van der Waals surface area contributed by atoms with Gasteiger partial charge in [0.1, 0.15) is 11.5 Å². The van der Waals surface area contributed by atoms with E-state index in [1.807, 2.05) is 0 Å². The number of benzene rings is 1. The molecule has 1 aromatic rings. The number of carboxylic acids is 1. The first-order valence-corrected chi connectivity index (χ1v) is 4.66. The molecule has 0 radical (unpaired) electrons. The fourth-order valence-electron chi connectivity index (χ4n) is 1.50. The Morgan fingerprint density at radius 1 is 1.31 bits per heavy atom. The molecule has 0 heterocycles. The molecule has 1 N–H and O–H groups in total. The van der Waals surface area contributed by atoms with Crippen LogP contribution < -0.4 is 9.47 Å². The van der Waals surface area contributed by atoms with Gasteiger partial charge in [-0.3, -0.25) is 0 Å². The van der Waals surface area contributed by atoms with Gasteiger partial charge >= 0.3 is 5.97 Å². The van der Waals surface area contributed by atoms with E-state index in [0.717, 1.165) is 5.56 Å². The Bertz CT molecular complexity index is 435. The minimum Gasteiger partial charge on any atom is -0.497 e. The van der Waals surface area contributed by atoms with Crippen molar-refractivity contribution >= 4 is 11.5 Å². The number of hydrogen-bond acceptors (Lipinski definition) is 3. The molecule has 0 unspecified atom stereocenters. The Morgan fingerprint density at radius 2 is 1.94 bits per heavy atom. The van der Waals surface area contributed by atoms with Crippen LogP contribution in [0.1, 0.15) is 11.1 Å². The maximum atomic E-state index is 10.9. The molecule has 1 rings (SSSR count). The van der Waals surface area contributed by atoms with Crippen molar-refractivity contribution < 1.29 is 19.4 Å². The fraction of sp³-hybridized carbons (Fsp3) is 0.250. The van der Waals surface area contributed by atoms with Gasteiger partial charge in [0.2, 0.25) is 0 Å². The van der Waals surface area contributed by atoms with Crippen molar-refractivity contribution in [2.45, 2.75) is 6.92 Å². The number of carboxylic acid groups (broad SMARTS) is 1. The van der Waals surface area contributed by atoms with E-state index in [1.54, 1.807) is 26.2 Å². The fourth-order valence-corrected chi connectivity index (χ4v) is 1.50. The van der Waals surface area contributed by atoms with Crippen LogP contribution in [0, 0.1) is 6.92 Å². The molecule has 0 fully saturated rings. The van der Waals surface area contributed by atoms with Gasteiger partial charge in [-0.2, -0.15) is 0 Å². The standard InChI is InChI=1S/C12H14O4/c1-7-5-9(15-3)6-10(16-4)11(7)8(2)12(13)14/h5-6H,2H2,1,3-4H3,(H,13,14). The smallest absolute Gasteiger partial charge is 0.335 e. The number of hydrogen-bond donors (Lipinski definition) is 1. The zero-order valence-corrected chi connectivity index (χ0v) is 9.53. The largest absolute Gasteiger partial charge is 0.497 e. The molecule has 0 bridgehead atoms. The zero-order valence-electron chi connectivity index (χ0n) is 9.53. The van der Waals surface area contributed by atoms with Crippen LogP contribution in [0.25, 0.3) is 5.57 Å². The first-order chi connectivity index (χ1) is 7.51. The lowest BCUT2D eigenvalue weighted by Gasteiger charge is -2.13. The molecule has 0 aliphatic carbocycles. The summed E-state index contributed by atoms with van der Waals surface area (Å²) in [5.74, 6) is 0.00658. The first kappa shape index (κ1) is 12.1. The molecular formula is C12H14O4. The molecule has 0 saturated heterocycles. The third-order valence-corrected chi connectivity index (χ3v) is 2.29. The van der Waals surface area contributed by atoms with E-state index in [-0.39, 0.29) is 5.57 Å². The average Bonchev–Trinajstić information content (AvgIpc) is 2.26. The summed E-state index contributed by atoms with van der Waals surface area (Å²) in [7, 11) is 3.02. The third-order valence-electron chi connectivity index (χ3n) is 2.29. The lowest BCUT2D eigenvalue weighted by molar-refractivity contribution is -0.130. The number of ether oxygens (including phenoxy) is 2. The van der Waals surface area contributed by atoms with Crippen molar-refractivity contribution in [1.29, 1.82) is 0 Å². The highest BCUT2D eigenvalue weighted by Gasteiger charge is 2.16. The quantitative estimate of drug-likeness (QED) is 0.793. The Kier molecular flexibility index (Phi) is 3.55. The monoisotopic (exact) mass is 222 g/mol. The molecule has 0 aliphatic rings. The van der Waals surface area contributed by atoms with Gasteiger partial charge in [0.25, 0.3) is 0 Å². The maximum Gasteiger partial charge on any atom is 0.335 e. The van der Waals surface area contributed by atoms with Crippen molar-refractivity contribution in [1.82, 2.24) is 0 Å². The van der Waals surface area contributed by atoms with Crippen molar-refractivity contribution in [2.24, 2.45) is 0 Å². The molecule has 16 heavy (non-hydrogen) atoms. The zero-order chi connectivity index (χ0) is 12.3. The highest BCUT2D eigenvalue weighted by Crippen LogP contribution is 2.32. The second kappa shape index (κ2) is 4.70. The van der Waals surface area contributed by atoms with E-state index in [1.165, 1.54) is 7.11 Å². The van der Waals surface area contributed by atoms with E-state index >= 15 is 0 Å². The van der Waals surface area contributed by atoms with Gasteiger partial charge < -0.3 is 14.6 Å². The van der Waals surface area contributed by atoms with Gasteiger partial charge in [0, 0.05) is 11.6 Å². The van der Waals surface area contributed by atoms with Crippen molar-refractivity contribution in [3.05, 3.63) is 29.8 Å². The SMILES string of the molecule is C=C(C(=O)O)c1c(C)cc(OC)cc1OC. The molecule has 4 heteroatoms. The van der Waals surface area contributed by atoms with E-state index < -0.39 is 5.97 Å². The maximum absolute atomic E-state index is 10.9. The van der Waals surface area contributed by atoms with Crippen LogP contribution in [0.15, 0.2) is 18.7 Å². The third kappa shape index (κ3) is 2.16. The summed E-state index contributed by atoms with van der Waals surface area (Å²) in [4.78, 5) is 10.9. The first-order valence-electron chi connectivity index (χ1n) is 4.66. The molecule has 0 saturated carbocycles. The predicted octanol–water partition coefficient (Wildman–Crippen LogP) is 2.11. The Hall–Kier alpha value is -1.97. The van der Waals surface area contributed by atoms with E-state index in [9.17, 15) is 4.79 Å². The van der Waals surface area contributed by atoms with Crippen LogP contribution in [-0.4, -0.2) is 25.3 Å². The molecule has 0 aliphatic heterocycles. The van der Waals surface area contributed by atoms with E-state index in [0.29, 0.717) is 17.1 Å². The summed E-state index contributed by atoms with van der Waals surface area (Å²) in [5.41, 5.74) is 1.26. The molecular weight excluding hydrogens is 208 g/mol. The molecule has 4 nitrogen and oxygen atoms in total. The molecule has 0 spiro atoms. The van der Waals surface area contributed by atoms with Crippen molar-refractivity contribution in [3.8, 4) is 11.5 Å². The summed E-state index contributed by atoms with van der Waals surface area (Å²) < 4.78 is 10.2. The minimum atomic E-state index is -1.06. The number of carbonyl (C=O) groups is 1. The highest BCUT2D eigenvalue weighted by molar-refractivity contribution is 6.15. The summed E-state index contributed by atoms with van der Waals surface area (Å²) in [5, 5.41) is 8.92. The van der Waals surface area contributed by atoms with Crippen LogP contribution in [0.2, 0.25) is 0 Å². The van der Waals surface area contributed by atoms with Crippen molar-refractivity contribution in [2.75, 3.05) is 14.2 Å². The summed E-state index contributed by atoms with van der Waals surface area (Å²) >= 11 is 0. The van der Waals surface area contributed by atoms with Crippen LogP contribution >= 0.6 is 0 Å². The second-order valence-corrected chi connectivity index (χ2v) is 3.31. The topological polar surface area (TPSA) is 55.8 Å².